The highest BCUT2D eigenvalue weighted by molar-refractivity contribution is 7.07. The van der Waals surface area contributed by atoms with E-state index in [1.54, 1.807) is 18.3 Å². The minimum absolute atomic E-state index is 0.198. The van der Waals surface area contributed by atoms with Crippen LogP contribution < -0.4 is 5.32 Å². The Kier molecular flexibility index (Phi) is 3.08. The highest BCUT2D eigenvalue weighted by Gasteiger charge is 2.08. The number of aryl methyl sites for hydroxylation is 1. The van der Waals surface area contributed by atoms with Gasteiger partial charge in [-0.1, -0.05) is 5.16 Å². The van der Waals surface area contributed by atoms with E-state index in [1.165, 1.54) is 0 Å². The summed E-state index contributed by atoms with van der Waals surface area (Å²) in [6.07, 6.45) is 0. The quantitative estimate of drug-likeness (QED) is 0.856. The molecule has 1 atom stereocenters. The van der Waals surface area contributed by atoms with Crippen LogP contribution in [-0.2, 0) is 6.54 Å². The van der Waals surface area contributed by atoms with Gasteiger partial charge in [0.05, 0.1) is 17.7 Å². The fraction of sp³-hybridized carbons (Fsp3) is 0.444. The summed E-state index contributed by atoms with van der Waals surface area (Å²) < 4.78 is 4.99. The monoisotopic (exact) mass is 224 g/mol. The molecular weight excluding hydrogens is 212 g/mol. The van der Waals surface area contributed by atoms with E-state index in [1.807, 2.05) is 10.9 Å². The maximum absolute atomic E-state index is 4.99. The second-order valence-electron chi connectivity index (χ2n) is 3.25. The molecule has 0 fully saturated rings. The molecule has 6 heteroatoms. The van der Waals surface area contributed by atoms with Crippen LogP contribution in [0.25, 0.3) is 0 Å². The number of rotatable bonds is 4. The summed E-state index contributed by atoms with van der Waals surface area (Å²) in [5.74, 6) is 1.27. The molecule has 1 N–H and O–H groups in total. The molecule has 0 aliphatic rings. The molecule has 0 radical (unpaired) electrons. The van der Waals surface area contributed by atoms with Crippen LogP contribution in [0.4, 0.5) is 0 Å². The summed E-state index contributed by atoms with van der Waals surface area (Å²) in [4.78, 5) is 8.33. The van der Waals surface area contributed by atoms with Crippen molar-refractivity contribution < 1.29 is 4.52 Å². The molecule has 2 heterocycles. The summed E-state index contributed by atoms with van der Waals surface area (Å²) in [6, 6.07) is 0.198. The maximum Gasteiger partial charge on any atom is 0.240 e. The summed E-state index contributed by atoms with van der Waals surface area (Å²) in [5.41, 5.74) is 2.86. The zero-order valence-electron chi connectivity index (χ0n) is 8.60. The SMILES string of the molecule is Cc1noc(CNC(C)c2cscn2)n1. The van der Waals surface area contributed by atoms with E-state index in [0.717, 1.165) is 5.69 Å². The van der Waals surface area contributed by atoms with Crippen LogP contribution in [-0.4, -0.2) is 15.1 Å². The largest absolute Gasteiger partial charge is 0.338 e. The van der Waals surface area contributed by atoms with E-state index in [0.29, 0.717) is 18.3 Å². The molecule has 5 nitrogen and oxygen atoms in total. The molecule has 0 amide bonds. The van der Waals surface area contributed by atoms with Crippen LogP contribution in [0, 0.1) is 6.92 Å². The molecule has 2 aromatic rings. The predicted molar refractivity (Wildman–Crippen MR) is 56.4 cm³/mol. The van der Waals surface area contributed by atoms with E-state index in [-0.39, 0.29) is 6.04 Å². The summed E-state index contributed by atoms with van der Waals surface area (Å²) in [7, 11) is 0. The van der Waals surface area contributed by atoms with Crippen molar-refractivity contribution in [2.75, 3.05) is 0 Å². The second-order valence-corrected chi connectivity index (χ2v) is 3.97. The van der Waals surface area contributed by atoms with E-state index in [4.69, 9.17) is 4.52 Å². The first-order valence-corrected chi connectivity index (χ1v) is 5.60. The van der Waals surface area contributed by atoms with Crippen molar-refractivity contribution in [1.29, 1.82) is 0 Å². The third kappa shape index (κ3) is 2.60. The molecule has 15 heavy (non-hydrogen) atoms. The minimum Gasteiger partial charge on any atom is -0.338 e. The number of thiazole rings is 1. The molecule has 0 bridgehead atoms. The number of aromatic nitrogens is 3. The molecule has 2 rings (SSSR count). The summed E-state index contributed by atoms with van der Waals surface area (Å²) in [5, 5.41) is 9.00. The summed E-state index contributed by atoms with van der Waals surface area (Å²) in [6.45, 7) is 4.43. The molecule has 0 aliphatic heterocycles. The Morgan fingerprint density at radius 2 is 2.47 bits per heavy atom. The van der Waals surface area contributed by atoms with Crippen molar-refractivity contribution in [3.05, 3.63) is 28.3 Å². The van der Waals surface area contributed by atoms with Crippen LogP contribution in [0.1, 0.15) is 30.4 Å². The van der Waals surface area contributed by atoms with Gasteiger partial charge in [-0.05, 0) is 13.8 Å². The van der Waals surface area contributed by atoms with Crippen LogP contribution in [0.15, 0.2) is 15.4 Å². The number of nitrogens with one attached hydrogen (secondary N) is 1. The van der Waals surface area contributed by atoms with Crippen molar-refractivity contribution in [3.63, 3.8) is 0 Å². The average Bonchev–Trinajstić information content (AvgIpc) is 2.84. The molecule has 1 unspecified atom stereocenters. The highest BCUT2D eigenvalue weighted by Crippen LogP contribution is 2.12. The Morgan fingerprint density at radius 1 is 1.60 bits per heavy atom. The van der Waals surface area contributed by atoms with Crippen molar-refractivity contribution in [2.24, 2.45) is 0 Å². The molecule has 0 saturated heterocycles. The van der Waals surface area contributed by atoms with Crippen molar-refractivity contribution in [3.8, 4) is 0 Å². The third-order valence-electron chi connectivity index (χ3n) is 2.02. The van der Waals surface area contributed by atoms with Crippen molar-refractivity contribution >= 4 is 11.3 Å². The standard InChI is InChI=1S/C9H12N4OS/c1-6(8-4-15-5-11-8)10-3-9-12-7(2)13-14-9/h4-6,10H,3H2,1-2H3. The zero-order valence-corrected chi connectivity index (χ0v) is 9.41. The van der Waals surface area contributed by atoms with Gasteiger partial charge in [0.25, 0.3) is 0 Å². The fourth-order valence-corrected chi connectivity index (χ4v) is 1.84. The predicted octanol–water partition coefficient (Wildman–Crippen LogP) is 1.69. The Morgan fingerprint density at radius 3 is 3.07 bits per heavy atom. The second kappa shape index (κ2) is 4.50. The molecular formula is C9H12N4OS. The van der Waals surface area contributed by atoms with E-state index >= 15 is 0 Å². The molecule has 0 spiro atoms. The number of hydrogen-bond acceptors (Lipinski definition) is 6. The van der Waals surface area contributed by atoms with Crippen LogP contribution in [0.2, 0.25) is 0 Å². The maximum atomic E-state index is 4.99. The first-order chi connectivity index (χ1) is 7.25. The smallest absolute Gasteiger partial charge is 0.240 e. The normalized spacial score (nSPS) is 12.9. The van der Waals surface area contributed by atoms with Gasteiger partial charge in [0, 0.05) is 11.4 Å². The molecule has 2 aromatic heterocycles. The Labute approximate surface area is 91.5 Å². The average molecular weight is 224 g/mol. The van der Waals surface area contributed by atoms with Crippen molar-refractivity contribution in [2.45, 2.75) is 26.4 Å². The van der Waals surface area contributed by atoms with Gasteiger partial charge in [0.15, 0.2) is 5.82 Å². The van der Waals surface area contributed by atoms with Gasteiger partial charge in [0.2, 0.25) is 5.89 Å². The van der Waals surface area contributed by atoms with Gasteiger partial charge < -0.3 is 9.84 Å². The molecule has 0 saturated carbocycles. The van der Waals surface area contributed by atoms with Crippen LogP contribution in [0.5, 0.6) is 0 Å². The van der Waals surface area contributed by atoms with Crippen LogP contribution in [0.3, 0.4) is 0 Å². The minimum atomic E-state index is 0.198. The van der Waals surface area contributed by atoms with Gasteiger partial charge in [-0.25, -0.2) is 4.98 Å². The Hall–Kier alpha value is -1.27. The topological polar surface area (TPSA) is 63.8 Å². The number of nitrogens with zero attached hydrogens (tertiary/aromatic N) is 3. The van der Waals surface area contributed by atoms with Gasteiger partial charge in [-0.15, -0.1) is 11.3 Å². The lowest BCUT2D eigenvalue weighted by atomic mass is 10.2. The lowest BCUT2D eigenvalue weighted by Crippen LogP contribution is -2.18. The lowest BCUT2D eigenvalue weighted by molar-refractivity contribution is 0.357. The third-order valence-corrected chi connectivity index (χ3v) is 2.63. The van der Waals surface area contributed by atoms with Crippen LogP contribution >= 0.6 is 11.3 Å². The first kappa shape index (κ1) is 10.3. The zero-order chi connectivity index (χ0) is 10.7. The van der Waals surface area contributed by atoms with E-state index in [2.05, 4.69) is 27.4 Å². The summed E-state index contributed by atoms with van der Waals surface area (Å²) >= 11 is 1.59. The van der Waals surface area contributed by atoms with Gasteiger partial charge in [-0.3, -0.25) is 0 Å². The Balaban J connectivity index is 1.88. The van der Waals surface area contributed by atoms with Gasteiger partial charge in [-0.2, -0.15) is 4.98 Å². The lowest BCUT2D eigenvalue weighted by Gasteiger charge is -2.08. The van der Waals surface area contributed by atoms with E-state index < -0.39 is 0 Å². The molecule has 0 aliphatic carbocycles. The van der Waals surface area contributed by atoms with E-state index in [9.17, 15) is 0 Å². The number of hydrogen-bond donors (Lipinski definition) is 1. The Bertz CT molecular complexity index is 411. The van der Waals surface area contributed by atoms with Gasteiger partial charge in [0.1, 0.15) is 0 Å². The van der Waals surface area contributed by atoms with Crippen molar-refractivity contribution in [1.82, 2.24) is 20.4 Å². The molecule has 80 valence electrons. The molecule has 0 aromatic carbocycles. The first-order valence-electron chi connectivity index (χ1n) is 4.66. The highest BCUT2D eigenvalue weighted by atomic mass is 32.1. The fourth-order valence-electron chi connectivity index (χ4n) is 1.19. The van der Waals surface area contributed by atoms with Gasteiger partial charge >= 0.3 is 0 Å².